The molecular weight excluding hydrogens is 254 g/mol. The normalized spacial score (nSPS) is 23.7. The Bertz CT molecular complexity index is 560. The van der Waals surface area contributed by atoms with Gasteiger partial charge >= 0.3 is 0 Å². The van der Waals surface area contributed by atoms with E-state index in [-0.39, 0.29) is 18.3 Å². The summed E-state index contributed by atoms with van der Waals surface area (Å²) in [6, 6.07) is 0. The molecule has 1 aliphatic heterocycles. The SMILES string of the molecule is CNc1ncnc2ncn([C@H]3CS[C@H](CO)O3)c12. The van der Waals surface area contributed by atoms with Gasteiger partial charge in [0.2, 0.25) is 0 Å². The van der Waals surface area contributed by atoms with Gasteiger partial charge < -0.3 is 15.2 Å². The molecule has 2 atom stereocenters. The third-order valence-electron chi connectivity index (χ3n) is 2.80. The average Bonchev–Trinajstić information content (AvgIpc) is 3.03. The molecule has 3 rings (SSSR count). The molecule has 18 heavy (non-hydrogen) atoms. The van der Waals surface area contributed by atoms with Crippen molar-refractivity contribution in [1.29, 1.82) is 0 Å². The van der Waals surface area contributed by atoms with Gasteiger partial charge in [0.1, 0.15) is 23.5 Å². The van der Waals surface area contributed by atoms with Crippen LogP contribution in [0.15, 0.2) is 12.7 Å². The Morgan fingerprint density at radius 2 is 2.44 bits per heavy atom. The van der Waals surface area contributed by atoms with Gasteiger partial charge in [-0.15, -0.1) is 11.8 Å². The van der Waals surface area contributed by atoms with Crippen molar-refractivity contribution in [3.05, 3.63) is 12.7 Å². The van der Waals surface area contributed by atoms with Crippen LogP contribution in [0.4, 0.5) is 5.82 Å². The number of fused-ring (bicyclic) bond motifs is 1. The van der Waals surface area contributed by atoms with Crippen LogP contribution < -0.4 is 5.32 Å². The van der Waals surface area contributed by atoms with Crippen LogP contribution in [0.1, 0.15) is 6.23 Å². The minimum absolute atomic E-state index is 0.0170. The molecule has 2 aromatic rings. The van der Waals surface area contributed by atoms with Gasteiger partial charge in [0.05, 0.1) is 12.9 Å². The van der Waals surface area contributed by atoms with Crippen LogP contribution in [0.3, 0.4) is 0 Å². The molecule has 0 unspecified atom stereocenters. The van der Waals surface area contributed by atoms with Gasteiger partial charge in [0.25, 0.3) is 0 Å². The van der Waals surface area contributed by atoms with Crippen LogP contribution in [0.2, 0.25) is 0 Å². The quantitative estimate of drug-likeness (QED) is 0.835. The third-order valence-corrected chi connectivity index (χ3v) is 3.90. The summed E-state index contributed by atoms with van der Waals surface area (Å²) in [5.74, 6) is 1.49. The Morgan fingerprint density at radius 1 is 1.56 bits per heavy atom. The molecule has 1 aliphatic rings. The predicted octanol–water partition coefficient (Wildman–Crippen LogP) is 0.448. The summed E-state index contributed by atoms with van der Waals surface area (Å²) in [5.41, 5.74) is 1.29. The lowest BCUT2D eigenvalue weighted by Gasteiger charge is -2.14. The van der Waals surface area contributed by atoms with E-state index in [1.165, 1.54) is 6.33 Å². The van der Waals surface area contributed by atoms with Gasteiger partial charge in [-0.25, -0.2) is 15.0 Å². The number of hydrogen-bond acceptors (Lipinski definition) is 7. The van der Waals surface area contributed by atoms with E-state index < -0.39 is 0 Å². The lowest BCUT2D eigenvalue weighted by Crippen LogP contribution is -2.14. The fraction of sp³-hybridized carbons (Fsp3) is 0.500. The van der Waals surface area contributed by atoms with Gasteiger partial charge in [0, 0.05) is 12.8 Å². The van der Waals surface area contributed by atoms with Gasteiger partial charge in [0.15, 0.2) is 11.5 Å². The molecule has 2 N–H and O–H groups in total. The maximum atomic E-state index is 9.09. The van der Waals surface area contributed by atoms with E-state index in [2.05, 4.69) is 20.3 Å². The van der Waals surface area contributed by atoms with Crippen LogP contribution in [0.5, 0.6) is 0 Å². The molecule has 7 nitrogen and oxygen atoms in total. The van der Waals surface area contributed by atoms with Crippen molar-refractivity contribution in [2.45, 2.75) is 11.7 Å². The van der Waals surface area contributed by atoms with E-state index in [4.69, 9.17) is 9.84 Å². The van der Waals surface area contributed by atoms with Crippen molar-refractivity contribution in [1.82, 2.24) is 19.5 Å². The van der Waals surface area contributed by atoms with E-state index in [1.807, 2.05) is 4.57 Å². The summed E-state index contributed by atoms with van der Waals surface area (Å²) in [5, 5.41) is 12.1. The van der Waals surface area contributed by atoms with E-state index in [1.54, 1.807) is 25.1 Å². The number of anilines is 1. The second-order valence-corrected chi connectivity index (χ2v) is 5.02. The first-order chi connectivity index (χ1) is 8.83. The Hall–Kier alpha value is -1.38. The number of nitrogens with one attached hydrogen (secondary N) is 1. The molecule has 1 saturated heterocycles. The highest BCUT2D eigenvalue weighted by Gasteiger charge is 2.28. The number of hydrogen-bond donors (Lipinski definition) is 2. The number of imidazole rings is 1. The zero-order valence-electron chi connectivity index (χ0n) is 9.78. The lowest BCUT2D eigenvalue weighted by molar-refractivity contribution is -0.00162. The zero-order valence-corrected chi connectivity index (χ0v) is 10.6. The Morgan fingerprint density at radius 3 is 3.17 bits per heavy atom. The molecule has 3 heterocycles. The second kappa shape index (κ2) is 4.71. The number of nitrogens with zero attached hydrogens (tertiary/aromatic N) is 4. The Kier molecular flexibility index (Phi) is 3.06. The van der Waals surface area contributed by atoms with Gasteiger partial charge in [-0.3, -0.25) is 4.57 Å². The van der Waals surface area contributed by atoms with Gasteiger partial charge in [-0.1, -0.05) is 0 Å². The highest BCUT2D eigenvalue weighted by molar-refractivity contribution is 8.00. The first kappa shape index (κ1) is 11.7. The number of aliphatic hydroxyl groups excluding tert-OH is 1. The van der Waals surface area contributed by atoms with Crippen LogP contribution >= 0.6 is 11.8 Å². The Labute approximate surface area is 108 Å². The molecule has 96 valence electrons. The average molecular weight is 267 g/mol. The number of aliphatic hydroxyl groups is 1. The zero-order chi connectivity index (χ0) is 12.5. The summed E-state index contributed by atoms with van der Waals surface area (Å²) in [6.45, 7) is 0.0170. The number of thioether (sulfide) groups is 1. The first-order valence-corrected chi connectivity index (χ1v) is 6.61. The monoisotopic (exact) mass is 267 g/mol. The smallest absolute Gasteiger partial charge is 0.183 e. The molecule has 0 aliphatic carbocycles. The molecule has 0 amide bonds. The highest BCUT2D eigenvalue weighted by Crippen LogP contribution is 2.34. The van der Waals surface area contributed by atoms with Crippen molar-refractivity contribution in [3.8, 4) is 0 Å². The van der Waals surface area contributed by atoms with Gasteiger partial charge in [-0.2, -0.15) is 0 Å². The minimum Gasteiger partial charge on any atom is -0.393 e. The maximum absolute atomic E-state index is 9.09. The molecule has 0 aromatic carbocycles. The van der Waals surface area contributed by atoms with E-state index in [0.29, 0.717) is 5.65 Å². The fourth-order valence-electron chi connectivity index (χ4n) is 1.96. The van der Waals surface area contributed by atoms with E-state index in [9.17, 15) is 0 Å². The van der Waals surface area contributed by atoms with E-state index >= 15 is 0 Å². The maximum Gasteiger partial charge on any atom is 0.183 e. The fourth-order valence-corrected chi connectivity index (χ4v) is 2.89. The summed E-state index contributed by atoms with van der Waals surface area (Å²) in [6.07, 6.45) is 3.03. The number of ether oxygens (including phenoxy) is 1. The van der Waals surface area contributed by atoms with Crippen LogP contribution in [-0.4, -0.2) is 49.5 Å². The largest absolute Gasteiger partial charge is 0.393 e. The summed E-state index contributed by atoms with van der Waals surface area (Å²) in [7, 11) is 1.81. The number of rotatable bonds is 3. The van der Waals surface area contributed by atoms with Crippen molar-refractivity contribution in [2.75, 3.05) is 24.7 Å². The van der Waals surface area contributed by atoms with Crippen LogP contribution in [-0.2, 0) is 4.74 Å². The summed E-state index contributed by atoms with van der Waals surface area (Å²) < 4.78 is 7.62. The molecular formula is C10H13N5O2S. The minimum atomic E-state index is -0.171. The molecule has 0 spiro atoms. The predicted molar refractivity (Wildman–Crippen MR) is 68.3 cm³/mol. The molecule has 0 radical (unpaired) electrons. The highest BCUT2D eigenvalue weighted by atomic mass is 32.2. The summed E-state index contributed by atoms with van der Waals surface area (Å²) in [4.78, 5) is 12.5. The Balaban J connectivity index is 2.02. The van der Waals surface area contributed by atoms with E-state index in [0.717, 1.165) is 17.1 Å². The van der Waals surface area contributed by atoms with Crippen molar-refractivity contribution < 1.29 is 9.84 Å². The third kappa shape index (κ3) is 1.82. The molecule has 0 bridgehead atoms. The van der Waals surface area contributed by atoms with Crippen LogP contribution in [0, 0.1) is 0 Å². The van der Waals surface area contributed by atoms with Crippen molar-refractivity contribution >= 4 is 28.7 Å². The molecule has 2 aromatic heterocycles. The van der Waals surface area contributed by atoms with Crippen molar-refractivity contribution in [2.24, 2.45) is 0 Å². The second-order valence-electron chi connectivity index (χ2n) is 3.83. The first-order valence-electron chi connectivity index (χ1n) is 5.56. The van der Waals surface area contributed by atoms with Crippen LogP contribution in [0.25, 0.3) is 11.2 Å². The lowest BCUT2D eigenvalue weighted by atomic mass is 10.4. The van der Waals surface area contributed by atoms with Gasteiger partial charge in [-0.05, 0) is 0 Å². The van der Waals surface area contributed by atoms with Crippen molar-refractivity contribution in [3.63, 3.8) is 0 Å². The topological polar surface area (TPSA) is 85.1 Å². The molecule has 0 saturated carbocycles. The molecule has 8 heteroatoms. The molecule has 1 fully saturated rings. The summed E-state index contributed by atoms with van der Waals surface area (Å²) >= 11 is 1.59. The number of aromatic nitrogens is 4. The standard InChI is InChI=1S/C10H13N5O2S/c1-11-9-8-10(13-4-12-9)14-5-15(8)6-3-18-7(2-16)17-6/h4-7,16H,2-3H2,1H3,(H,11,12,13)/t6-,7-/m1/s1.